The molecule has 0 unspecified atom stereocenters. The summed E-state index contributed by atoms with van der Waals surface area (Å²) in [5.74, 6) is -0.353. The molecule has 1 saturated heterocycles. The third-order valence-corrected chi connectivity index (χ3v) is 5.21. The maximum Gasteiger partial charge on any atom is 0.411 e. The summed E-state index contributed by atoms with van der Waals surface area (Å²) in [5, 5.41) is 0. The van der Waals surface area contributed by atoms with Gasteiger partial charge in [0.15, 0.2) is 5.79 Å². The van der Waals surface area contributed by atoms with Crippen LogP contribution in [0.5, 0.6) is 0 Å². The van der Waals surface area contributed by atoms with Crippen LogP contribution >= 0.6 is 0 Å². The average molecular weight is 292 g/mol. The molecule has 3 fully saturated rings. The van der Waals surface area contributed by atoms with Gasteiger partial charge in [-0.15, -0.1) is 0 Å². The Bertz CT molecular complexity index is 345. The van der Waals surface area contributed by atoms with Crippen molar-refractivity contribution in [3.63, 3.8) is 0 Å². The molecule has 3 rings (SSSR count). The molecule has 0 spiro atoms. The van der Waals surface area contributed by atoms with E-state index in [2.05, 4.69) is 0 Å². The topological polar surface area (TPSA) is 18.5 Å². The van der Waals surface area contributed by atoms with Gasteiger partial charge in [-0.05, 0) is 31.6 Å². The zero-order valence-corrected chi connectivity index (χ0v) is 11.8. The fourth-order valence-electron chi connectivity index (χ4n) is 4.42. The van der Waals surface area contributed by atoms with Crippen molar-refractivity contribution >= 4 is 0 Å². The zero-order chi connectivity index (χ0) is 14.2. The Balaban J connectivity index is 1.73. The Labute approximate surface area is 118 Å². The van der Waals surface area contributed by atoms with Crippen LogP contribution in [0, 0.1) is 11.8 Å². The summed E-state index contributed by atoms with van der Waals surface area (Å²) in [6, 6.07) is 0. The van der Waals surface area contributed by atoms with E-state index in [1.165, 1.54) is 19.3 Å². The first-order valence-electron chi connectivity index (χ1n) is 7.89. The van der Waals surface area contributed by atoms with Crippen LogP contribution in [0.15, 0.2) is 0 Å². The van der Waals surface area contributed by atoms with E-state index >= 15 is 0 Å². The summed E-state index contributed by atoms with van der Waals surface area (Å²) in [6.45, 7) is -1.18. The molecule has 0 amide bonds. The van der Waals surface area contributed by atoms with E-state index in [4.69, 9.17) is 9.47 Å². The summed E-state index contributed by atoms with van der Waals surface area (Å²) in [7, 11) is 0. The predicted molar refractivity (Wildman–Crippen MR) is 68.1 cm³/mol. The number of ether oxygens (including phenoxy) is 2. The molecule has 5 heteroatoms. The van der Waals surface area contributed by atoms with E-state index in [1.807, 2.05) is 0 Å². The maximum absolute atomic E-state index is 12.5. The SMILES string of the molecule is FC(F)(F)CO[C@@]12CCC[C@@H]1[C@@H]1CCCCCC[C@H]1O2. The molecular formula is C15H23F3O2. The zero-order valence-electron chi connectivity index (χ0n) is 11.8. The normalized spacial score (nSPS) is 41.9. The van der Waals surface area contributed by atoms with Gasteiger partial charge in [0.05, 0.1) is 6.10 Å². The van der Waals surface area contributed by atoms with Crippen LogP contribution in [0.4, 0.5) is 13.2 Å². The standard InChI is InChI=1S/C15H23F3O2/c16-15(17,18)10-19-14-9-5-7-12(14)11-6-3-1-2-4-8-13(11)20-14/h11-13H,1-10H2/t11-,12+,13+,14+/m0/s1. The minimum absolute atomic E-state index is 0.119. The van der Waals surface area contributed by atoms with Crippen molar-refractivity contribution in [2.75, 3.05) is 6.61 Å². The van der Waals surface area contributed by atoms with E-state index in [-0.39, 0.29) is 12.0 Å². The smallest absolute Gasteiger partial charge is 0.346 e. The molecule has 1 aliphatic heterocycles. The largest absolute Gasteiger partial charge is 0.411 e. The Kier molecular flexibility index (Phi) is 4.01. The van der Waals surface area contributed by atoms with Gasteiger partial charge in [-0.3, -0.25) is 0 Å². The van der Waals surface area contributed by atoms with Gasteiger partial charge in [0, 0.05) is 12.3 Å². The van der Waals surface area contributed by atoms with Gasteiger partial charge in [0.2, 0.25) is 0 Å². The first kappa shape index (κ1) is 14.6. The molecule has 1 heterocycles. The van der Waals surface area contributed by atoms with Crippen molar-refractivity contribution in [3.8, 4) is 0 Å². The highest BCUT2D eigenvalue weighted by Gasteiger charge is 2.58. The van der Waals surface area contributed by atoms with Crippen LogP contribution < -0.4 is 0 Å². The van der Waals surface area contributed by atoms with Gasteiger partial charge in [-0.1, -0.05) is 25.7 Å². The number of halogens is 3. The molecular weight excluding hydrogens is 269 g/mol. The van der Waals surface area contributed by atoms with E-state index in [0.29, 0.717) is 12.3 Å². The summed E-state index contributed by atoms with van der Waals surface area (Å²) >= 11 is 0. The molecule has 2 nitrogen and oxygen atoms in total. The monoisotopic (exact) mass is 292 g/mol. The fourth-order valence-corrected chi connectivity index (χ4v) is 4.42. The molecule has 4 atom stereocenters. The number of hydrogen-bond donors (Lipinski definition) is 0. The lowest BCUT2D eigenvalue weighted by Gasteiger charge is -2.30. The number of fused-ring (bicyclic) bond motifs is 3. The Hall–Kier alpha value is -0.290. The summed E-state index contributed by atoms with van der Waals surface area (Å²) in [5.41, 5.74) is 0. The lowest BCUT2D eigenvalue weighted by molar-refractivity contribution is -0.284. The Morgan fingerprint density at radius 3 is 2.50 bits per heavy atom. The van der Waals surface area contributed by atoms with E-state index in [9.17, 15) is 13.2 Å². The van der Waals surface area contributed by atoms with Gasteiger partial charge in [0.25, 0.3) is 0 Å². The van der Waals surface area contributed by atoms with Gasteiger partial charge in [0.1, 0.15) is 6.61 Å². The molecule has 3 aliphatic rings. The summed E-state index contributed by atoms with van der Waals surface area (Å²) < 4.78 is 48.8. The van der Waals surface area contributed by atoms with Crippen molar-refractivity contribution in [1.29, 1.82) is 0 Å². The Morgan fingerprint density at radius 1 is 1.00 bits per heavy atom. The molecule has 0 N–H and O–H groups in total. The summed E-state index contributed by atoms with van der Waals surface area (Å²) in [6.07, 6.45) is 5.19. The van der Waals surface area contributed by atoms with Crippen LogP contribution in [-0.4, -0.2) is 24.7 Å². The van der Waals surface area contributed by atoms with Crippen LogP contribution in [-0.2, 0) is 9.47 Å². The highest BCUT2D eigenvalue weighted by molar-refractivity contribution is 5.00. The van der Waals surface area contributed by atoms with Gasteiger partial charge in [-0.2, -0.15) is 13.2 Å². The Morgan fingerprint density at radius 2 is 1.75 bits per heavy atom. The van der Waals surface area contributed by atoms with Gasteiger partial charge in [-0.25, -0.2) is 0 Å². The van der Waals surface area contributed by atoms with Crippen LogP contribution in [0.3, 0.4) is 0 Å². The minimum atomic E-state index is -4.27. The summed E-state index contributed by atoms with van der Waals surface area (Å²) in [4.78, 5) is 0. The third-order valence-electron chi connectivity index (χ3n) is 5.21. The van der Waals surface area contributed by atoms with Crippen LogP contribution in [0.1, 0.15) is 57.8 Å². The highest BCUT2D eigenvalue weighted by atomic mass is 19.4. The number of rotatable bonds is 2. The number of hydrogen-bond acceptors (Lipinski definition) is 2. The molecule has 2 saturated carbocycles. The lowest BCUT2D eigenvalue weighted by atomic mass is 9.80. The lowest BCUT2D eigenvalue weighted by Crippen LogP contribution is -2.38. The molecule has 0 aromatic carbocycles. The molecule has 116 valence electrons. The van der Waals surface area contributed by atoms with Crippen molar-refractivity contribution in [3.05, 3.63) is 0 Å². The molecule has 20 heavy (non-hydrogen) atoms. The van der Waals surface area contributed by atoms with E-state index < -0.39 is 18.6 Å². The quantitative estimate of drug-likeness (QED) is 0.749. The number of alkyl halides is 3. The fraction of sp³-hybridized carbons (Fsp3) is 1.00. The second-order valence-electron chi connectivity index (χ2n) is 6.53. The molecule has 0 aromatic rings. The van der Waals surface area contributed by atoms with Crippen LogP contribution in [0.2, 0.25) is 0 Å². The van der Waals surface area contributed by atoms with Crippen molar-refractivity contribution in [1.82, 2.24) is 0 Å². The van der Waals surface area contributed by atoms with E-state index in [1.54, 1.807) is 0 Å². The van der Waals surface area contributed by atoms with Crippen LogP contribution in [0.25, 0.3) is 0 Å². The second kappa shape index (κ2) is 5.48. The maximum atomic E-state index is 12.5. The van der Waals surface area contributed by atoms with Crippen molar-refractivity contribution < 1.29 is 22.6 Å². The van der Waals surface area contributed by atoms with Crippen molar-refractivity contribution in [2.45, 2.75) is 75.9 Å². The predicted octanol–water partition coefficient (Wildman–Crippen LogP) is 4.43. The van der Waals surface area contributed by atoms with Gasteiger partial charge < -0.3 is 9.47 Å². The highest BCUT2D eigenvalue weighted by Crippen LogP contribution is 2.54. The second-order valence-corrected chi connectivity index (χ2v) is 6.53. The third kappa shape index (κ3) is 2.84. The molecule has 0 aromatic heterocycles. The van der Waals surface area contributed by atoms with Crippen molar-refractivity contribution in [2.24, 2.45) is 11.8 Å². The minimum Gasteiger partial charge on any atom is -0.346 e. The average Bonchev–Trinajstić information content (AvgIpc) is 2.84. The first-order chi connectivity index (χ1) is 9.50. The molecule has 0 radical (unpaired) electrons. The van der Waals surface area contributed by atoms with Gasteiger partial charge >= 0.3 is 6.18 Å². The molecule has 0 bridgehead atoms. The molecule has 2 aliphatic carbocycles. The van der Waals surface area contributed by atoms with E-state index in [0.717, 1.165) is 32.1 Å². The first-order valence-corrected chi connectivity index (χ1v) is 7.89.